The highest BCUT2D eigenvalue weighted by Gasteiger charge is 2.08. The summed E-state index contributed by atoms with van der Waals surface area (Å²) in [5.74, 6) is 0.0323. The Morgan fingerprint density at radius 3 is 2.44 bits per heavy atom. The molecule has 136 valence electrons. The first-order valence-corrected chi connectivity index (χ1v) is 9.85. The van der Waals surface area contributed by atoms with E-state index < -0.39 is 0 Å². The van der Waals surface area contributed by atoms with E-state index in [0.29, 0.717) is 24.1 Å². The zero-order valence-electron chi connectivity index (χ0n) is 15.0. The standard InChI is InChI=1S/C19H28N4OS/c1-3-5-15(6-4-2)21-12-11-18(24)22-16-9-7-14(8-10-16)17-13-25-19(20)23-17/h7-10,13,15,21H,3-6,11-12H2,1-2H3,(H2,20,23)(H,22,24). The maximum Gasteiger partial charge on any atom is 0.225 e. The van der Waals surface area contributed by atoms with Crippen LogP contribution in [0.15, 0.2) is 29.6 Å². The van der Waals surface area contributed by atoms with Crippen LogP contribution >= 0.6 is 11.3 Å². The molecule has 1 aromatic heterocycles. The molecule has 0 aliphatic carbocycles. The van der Waals surface area contributed by atoms with Crippen molar-refractivity contribution in [3.8, 4) is 11.3 Å². The van der Waals surface area contributed by atoms with Gasteiger partial charge in [0.15, 0.2) is 5.13 Å². The van der Waals surface area contributed by atoms with E-state index in [4.69, 9.17) is 5.73 Å². The van der Waals surface area contributed by atoms with Crippen LogP contribution in [0.5, 0.6) is 0 Å². The Labute approximate surface area is 154 Å². The number of nitrogens with zero attached hydrogens (tertiary/aromatic N) is 1. The van der Waals surface area contributed by atoms with Gasteiger partial charge in [-0.15, -0.1) is 11.3 Å². The van der Waals surface area contributed by atoms with Crippen LogP contribution in [0.1, 0.15) is 46.0 Å². The molecule has 2 aromatic rings. The van der Waals surface area contributed by atoms with E-state index in [1.807, 2.05) is 29.6 Å². The van der Waals surface area contributed by atoms with Crippen molar-refractivity contribution in [1.29, 1.82) is 0 Å². The van der Waals surface area contributed by atoms with Crippen LogP contribution in [-0.4, -0.2) is 23.5 Å². The molecule has 0 saturated heterocycles. The van der Waals surface area contributed by atoms with Crippen LogP contribution in [0.25, 0.3) is 11.3 Å². The average Bonchev–Trinajstić information content (AvgIpc) is 3.02. The minimum absolute atomic E-state index is 0.0323. The summed E-state index contributed by atoms with van der Waals surface area (Å²) in [5, 5.41) is 8.92. The molecule has 1 aromatic carbocycles. The molecule has 0 atom stereocenters. The number of aromatic nitrogens is 1. The second kappa shape index (κ2) is 10.2. The molecule has 0 aliphatic heterocycles. The van der Waals surface area contributed by atoms with Crippen LogP contribution in [-0.2, 0) is 4.79 Å². The van der Waals surface area contributed by atoms with Crippen molar-refractivity contribution < 1.29 is 4.79 Å². The zero-order chi connectivity index (χ0) is 18.1. The van der Waals surface area contributed by atoms with Gasteiger partial charge >= 0.3 is 0 Å². The van der Waals surface area contributed by atoms with Crippen LogP contribution in [0, 0.1) is 0 Å². The summed E-state index contributed by atoms with van der Waals surface area (Å²) in [7, 11) is 0. The fourth-order valence-corrected chi connectivity index (χ4v) is 3.38. The van der Waals surface area contributed by atoms with Gasteiger partial charge in [-0.1, -0.05) is 38.8 Å². The fourth-order valence-electron chi connectivity index (χ4n) is 2.80. The van der Waals surface area contributed by atoms with Crippen molar-refractivity contribution in [2.75, 3.05) is 17.6 Å². The van der Waals surface area contributed by atoms with Gasteiger partial charge in [0.05, 0.1) is 5.69 Å². The summed E-state index contributed by atoms with van der Waals surface area (Å²) in [5.41, 5.74) is 8.32. The smallest absolute Gasteiger partial charge is 0.225 e. The third kappa shape index (κ3) is 6.48. The fraction of sp³-hybridized carbons (Fsp3) is 0.474. The molecule has 6 heteroatoms. The zero-order valence-corrected chi connectivity index (χ0v) is 15.9. The first kappa shape index (κ1) is 19.4. The van der Waals surface area contributed by atoms with Gasteiger partial charge in [-0.2, -0.15) is 0 Å². The Balaban J connectivity index is 1.78. The van der Waals surface area contributed by atoms with Crippen molar-refractivity contribution in [3.63, 3.8) is 0 Å². The first-order valence-electron chi connectivity index (χ1n) is 8.97. The van der Waals surface area contributed by atoms with E-state index in [1.165, 1.54) is 24.2 Å². The Kier molecular flexibility index (Phi) is 7.88. The topological polar surface area (TPSA) is 80.0 Å². The number of amides is 1. The molecule has 0 radical (unpaired) electrons. The number of carbonyl (C=O) groups is 1. The molecule has 0 unspecified atom stereocenters. The quantitative estimate of drug-likeness (QED) is 0.591. The Bertz CT molecular complexity index is 648. The van der Waals surface area contributed by atoms with Gasteiger partial charge in [-0.05, 0) is 25.0 Å². The maximum atomic E-state index is 12.1. The van der Waals surface area contributed by atoms with Crippen LogP contribution < -0.4 is 16.4 Å². The molecule has 2 rings (SSSR count). The van der Waals surface area contributed by atoms with E-state index in [2.05, 4.69) is 29.5 Å². The van der Waals surface area contributed by atoms with E-state index >= 15 is 0 Å². The van der Waals surface area contributed by atoms with E-state index in [9.17, 15) is 4.79 Å². The van der Waals surface area contributed by atoms with E-state index in [-0.39, 0.29) is 5.91 Å². The molecule has 0 aliphatic rings. The monoisotopic (exact) mass is 360 g/mol. The number of hydrogen-bond acceptors (Lipinski definition) is 5. The van der Waals surface area contributed by atoms with Crippen molar-refractivity contribution in [2.45, 2.75) is 52.0 Å². The van der Waals surface area contributed by atoms with Gasteiger partial charge < -0.3 is 16.4 Å². The lowest BCUT2D eigenvalue weighted by molar-refractivity contribution is -0.116. The Morgan fingerprint density at radius 1 is 1.20 bits per heavy atom. The van der Waals surface area contributed by atoms with Gasteiger partial charge in [0, 0.05) is 35.6 Å². The lowest BCUT2D eigenvalue weighted by Gasteiger charge is -2.17. The molecule has 1 heterocycles. The SMILES string of the molecule is CCCC(CCC)NCCC(=O)Nc1ccc(-c2csc(N)n2)cc1. The van der Waals surface area contributed by atoms with Gasteiger partial charge in [0.25, 0.3) is 0 Å². The van der Waals surface area contributed by atoms with Crippen LogP contribution in [0.3, 0.4) is 0 Å². The average molecular weight is 361 g/mol. The molecule has 1 amide bonds. The highest BCUT2D eigenvalue weighted by molar-refractivity contribution is 7.13. The number of thiazole rings is 1. The number of anilines is 2. The summed E-state index contributed by atoms with van der Waals surface area (Å²) in [6, 6.07) is 8.20. The van der Waals surface area contributed by atoms with Crippen molar-refractivity contribution in [3.05, 3.63) is 29.6 Å². The summed E-state index contributed by atoms with van der Waals surface area (Å²) in [6.07, 6.45) is 5.14. The molecule has 0 saturated carbocycles. The largest absolute Gasteiger partial charge is 0.375 e. The molecular formula is C19H28N4OS. The second-order valence-corrected chi connectivity index (χ2v) is 7.06. The summed E-state index contributed by atoms with van der Waals surface area (Å²) >= 11 is 1.42. The van der Waals surface area contributed by atoms with Gasteiger partial charge in [-0.3, -0.25) is 4.79 Å². The molecule has 0 spiro atoms. The van der Waals surface area contributed by atoms with Gasteiger partial charge in [-0.25, -0.2) is 4.98 Å². The molecule has 4 N–H and O–H groups in total. The van der Waals surface area contributed by atoms with Crippen LogP contribution in [0.4, 0.5) is 10.8 Å². The predicted molar refractivity (Wildman–Crippen MR) is 107 cm³/mol. The normalized spacial score (nSPS) is 11.0. The van der Waals surface area contributed by atoms with Crippen molar-refractivity contribution in [1.82, 2.24) is 10.3 Å². The summed E-state index contributed by atoms with van der Waals surface area (Å²) in [6.45, 7) is 5.11. The maximum absolute atomic E-state index is 12.1. The van der Waals surface area contributed by atoms with E-state index in [0.717, 1.165) is 29.8 Å². The molecule has 0 fully saturated rings. The molecular weight excluding hydrogens is 332 g/mol. The predicted octanol–water partition coefficient (Wildman–Crippen LogP) is 4.28. The summed E-state index contributed by atoms with van der Waals surface area (Å²) in [4.78, 5) is 16.3. The minimum atomic E-state index is 0.0323. The lowest BCUT2D eigenvalue weighted by Crippen LogP contribution is -2.31. The van der Waals surface area contributed by atoms with Gasteiger partial charge in [0.2, 0.25) is 5.91 Å². The Morgan fingerprint density at radius 2 is 1.88 bits per heavy atom. The number of rotatable bonds is 10. The van der Waals surface area contributed by atoms with Gasteiger partial charge in [0.1, 0.15) is 0 Å². The molecule has 0 bridgehead atoms. The number of nitrogen functional groups attached to an aromatic ring is 1. The number of carbonyl (C=O) groups excluding carboxylic acids is 1. The first-order chi connectivity index (χ1) is 12.1. The molecule has 25 heavy (non-hydrogen) atoms. The number of hydrogen-bond donors (Lipinski definition) is 3. The molecule has 5 nitrogen and oxygen atoms in total. The summed E-state index contributed by atoms with van der Waals surface area (Å²) < 4.78 is 0. The number of nitrogens with one attached hydrogen (secondary N) is 2. The minimum Gasteiger partial charge on any atom is -0.375 e. The highest BCUT2D eigenvalue weighted by atomic mass is 32.1. The Hall–Kier alpha value is -1.92. The number of benzene rings is 1. The van der Waals surface area contributed by atoms with Crippen molar-refractivity contribution in [2.24, 2.45) is 0 Å². The third-order valence-corrected chi connectivity index (χ3v) is 4.72. The second-order valence-electron chi connectivity index (χ2n) is 6.17. The van der Waals surface area contributed by atoms with E-state index in [1.54, 1.807) is 0 Å². The van der Waals surface area contributed by atoms with Crippen molar-refractivity contribution >= 4 is 28.1 Å². The third-order valence-electron chi connectivity index (χ3n) is 4.05. The highest BCUT2D eigenvalue weighted by Crippen LogP contribution is 2.24. The van der Waals surface area contributed by atoms with Crippen LogP contribution in [0.2, 0.25) is 0 Å². The number of nitrogens with two attached hydrogens (primary N) is 1. The lowest BCUT2D eigenvalue weighted by atomic mass is 10.1.